The summed E-state index contributed by atoms with van der Waals surface area (Å²) in [5.74, 6) is -1.54. The third-order valence-corrected chi connectivity index (χ3v) is 9.41. The molecule has 3 fully saturated rings. The molecule has 5 rings (SSSR count). The number of primary amides is 1. The Labute approximate surface area is 239 Å². The molecule has 11 heteroatoms. The van der Waals surface area contributed by atoms with Gasteiger partial charge in [-0.1, -0.05) is 53.9 Å². The first-order valence-corrected chi connectivity index (χ1v) is 14.4. The summed E-state index contributed by atoms with van der Waals surface area (Å²) in [7, 11) is 1.57. The number of benzene rings is 1. The number of hydrogen-bond donors (Lipinski definition) is 3. The Balaban J connectivity index is 1.39. The summed E-state index contributed by atoms with van der Waals surface area (Å²) in [6.07, 6.45) is 3.34. The molecule has 41 heavy (non-hydrogen) atoms. The number of piperidine rings is 1. The number of ether oxygens (including phenoxy) is 1. The van der Waals surface area contributed by atoms with Crippen molar-refractivity contribution in [1.82, 2.24) is 15.2 Å². The second kappa shape index (κ2) is 10.3. The van der Waals surface area contributed by atoms with Crippen LogP contribution in [0.1, 0.15) is 60.3 Å². The average Bonchev–Trinajstić information content (AvgIpc) is 3.24. The van der Waals surface area contributed by atoms with Gasteiger partial charge in [-0.15, -0.1) is 0 Å². The lowest BCUT2D eigenvalue weighted by atomic mass is 9.80. The van der Waals surface area contributed by atoms with E-state index in [1.54, 1.807) is 30.2 Å². The van der Waals surface area contributed by atoms with Crippen LogP contribution in [0.2, 0.25) is 0 Å². The number of amides is 3. The van der Waals surface area contributed by atoms with Gasteiger partial charge in [0.05, 0.1) is 13.2 Å². The Morgan fingerprint density at radius 1 is 1.22 bits per heavy atom. The summed E-state index contributed by atoms with van der Waals surface area (Å²) in [5.41, 5.74) is 5.77. The Morgan fingerprint density at radius 2 is 1.93 bits per heavy atom. The molecule has 222 valence electrons. The lowest BCUT2D eigenvalue weighted by Crippen LogP contribution is -2.58. The molecule has 1 aromatic carbocycles. The molecule has 2 unspecified atom stereocenters. The van der Waals surface area contributed by atoms with E-state index in [1.165, 1.54) is 0 Å². The van der Waals surface area contributed by atoms with Crippen LogP contribution >= 0.6 is 0 Å². The topological polar surface area (TPSA) is 157 Å². The summed E-state index contributed by atoms with van der Waals surface area (Å²) in [5, 5.41) is 6.02. The molecule has 2 heterocycles. The van der Waals surface area contributed by atoms with Gasteiger partial charge in [0.2, 0.25) is 17.6 Å². The average molecular weight is 568 g/mol. The minimum atomic E-state index is -1.06. The maximum Gasteiger partial charge on any atom is 0.296 e. The van der Waals surface area contributed by atoms with E-state index in [0.29, 0.717) is 29.8 Å². The SMILES string of the molecule is COc1ccc2oc(N[C@@H](C(=O)N3C[C@@H]4C([C@H]3C(=O)NC(CC3CCC3)C(=O)C(N)=O)C4(C)C)C(C)(C)C)nc2c1. The molecule has 0 bridgehead atoms. The lowest BCUT2D eigenvalue weighted by molar-refractivity contribution is -0.144. The number of fused-ring (bicyclic) bond motifs is 2. The van der Waals surface area contributed by atoms with Crippen LogP contribution < -0.4 is 21.1 Å². The minimum Gasteiger partial charge on any atom is -0.497 e. The monoisotopic (exact) mass is 567 g/mol. The number of carbonyl (C=O) groups is 4. The van der Waals surface area contributed by atoms with Crippen LogP contribution in [0.3, 0.4) is 0 Å². The molecule has 2 aliphatic carbocycles. The summed E-state index contributed by atoms with van der Waals surface area (Å²) in [6, 6.07) is 2.95. The molecule has 0 radical (unpaired) electrons. The molecular formula is C30H41N5O6. The van der Waals surface area contributed by atoms with E-state index in [9.17, 15) is 19.2 Å². The van der Waals surface area contributed by atoms with E-state index in [-0.39, 0.29) is 35.1 Å². The Bertz CT molecular complexity index is 1370. The Kier molecular flexibility index (Phi) is 7.28. The number of nitrogens with two attached hydrogens (primary N) is 1. The van der Waals surface area contributed by atoms with Crippen molar-refractivity contribution in [3.63, 3.8) is 0 Å². The van der Waals surface area contributed by atoms with Gasteiger partial charge in [0.1, 0.15) is 23.3 Å². The van der Waals surface area contributed by atoms with Crippen molar-refractivity contribution in [1.29, 1.82) is 0 Å². The molecule has 1 saturated heterocycles. The standard InChI is InChI=1S/C30H41N5O6/c1-29(2,3)24(34-28-33-18-13-16(40-6)10-11-20(18)41-28)27(39)35-14-17-21(30(17,4)5)22(35)26(38)32-19(23(36)25(31)37)12-15-8-7-9-15/h10-11,13,15,17,19,21-22,24H,7-9,12,14H2,1-6H3,(H2,31,37)(H,32,38)(H,33,34)/t17-,19?,21?,22+,24+/m1/s1. The van der Waals surface area contributed by atoms with Gasteiger partial charge >= 0.3 is 0 Å². The Hall–Kier alpha value is -3.63. The van der Waals surface area contributed by atoms with E-state index < -0.39 is 41.1 Å². The molecular weight excluding hydrogens is 526 g/mol. The first kappa shape index (κ1) is 28.9. The molecule has 2 aromatic rings. The number of carbonyl (C=O) groups excluding carboxylic acids is 4. The van der Waals surface area contributed by atoms with Gasteiger partial charge in [0, 0.05) is 12.6 Å². The fraction of sp³-hybridized carbons (Fsp3) is 0.633. The van der Waals surface area contributed by atoms with Crippen LogP contribution in [-0.2, 0) is 19.2 Å². The lowest BCUT2D eigenvalue weighted by Gasteiger charge is -2.38. The van der Waals surface area contributed by atoms with Gasteiger partial charge < -0.3 is 30.4 Å². The normalized spacial score (nSPS) is 24.6. The summed E-state index contributed by atoms with van der Waals surface area (Å²) in [6.45, 7) is 10.4. The zero-order valence-electron chi connectivity index (χ0n) is 24.7. The number of nitrogens with one attached hydrogen (secondary N) is 2. The smallest absolute Gasteiger partial charge is 0.296 e. The quantitative estimate of drug-likeness (QED) is 0.370. The zero-order valence-corrected chi connectivity index (χ0v) is 24.7. The maximum atomic E-state index is 14.2. The van der Waals surface area contributed by atoms with Crippen LogP contribution in [0, 0.1) is 28.6 Å². The molecule has 4 N–H and O–H groups in total. The Morgan fingerprint density at radius 3 is 2.51 bits per heavy atom. The minimum absolute atomic E-state index is 0.0584. The van der Waals surface area contributed by atoms with Gasteiger partial charge in [0.25, 0.3) is 11.9 Å². The number of ketones is 1. The van der Waals surface area contributed by atoms with Gasteiger partial charge in [-0.05, 0) is 47.1 Å². The third-order valence-electron chi connectivity index (χ3n) is 9.41. The third kappa shape index (κ3) is 5.38. The van der Waals surface area contributed by atoms with Gasteiger partial charge in [-0.3, -0.25) is 19.2 Å². The number of methoxy groups -OCH3 is 1. The fourth-order valence-corrected chi connectivity index (χ4v) is 6.57. The highest BCUT2D eigenvalue weighted by atomic mass is 16.5. The first-order chi connectivity index (χ1) is 19.2. The van der Waals surface area contributed by atoms with Crippen molar-refractivity contribution in [2.45, 2.75) is 78.4 Å². The molecule has 3 aliphatic rings. The largest absolute Gasteiger partial charge is 0.497 e. The summed E-state index contributed by atoms with van der Waals surface area (Å²) >= 11 is 0. The van der Waals surface area contributed by atoms with Gasteiger partial charge in [-0.2, -0.15) is 4.98 Å². The highest BCUT2D eigenvalue weighted by Gasteiger charge is 2.70. The number of aromatic nitrogens is 1. The van der Waals surface area contributed by atoms with Crippen molar-refractivity contribution >= 4 is 40.6 Å². The number of nitrogens with zero attached hydrogens (tertiary/aromatic N) is 2. The van der Waals surface area contributed by atoms with E-state index in [1.807, 2.05) is 20.8 Å². The van der Waals surface area contributed by atoms with Crippen molar-refractivity contribution < 1.29 is 28.3 Å². The van der Waals surface area contributed by atoms with Crippen molar-refractivity contribution in [3.8, 4) is 5.75 Å². The van der Waals surface area contributed by atoms with Crippen LogP contribution in [0.5, 0.6) is 5.75 Å². The van der Waals surface area contributed by atoms with Crippen LogP contribution in [-0.4, -0.2) is 65.2 Å². The molecule has 11 nitrogen and oxygen atoms in total. The van der Waals surface area contributed by atoms with Crippen molar-refractivity contribution in [3.05, 3.63) is 18.2 Å². The number of hydrogen-bond acceptors (Lipinski definition) is 8. The molecule has 1 aliphatic heterocycles. The predicted molar refractivity (Wildman–Crippen MR) is 152 cm³/mol. The number of rotatable bonds is 10. The summed E-state index contributed by atoms with van der Waals surface area (Å²) < 4.78 is 11.2. The predicted octanol–water partition coefficient (Wildman–Crippen LogP) is 2.88. The number of likely N-dealkylation sites (tertiary alicyclic amines) is 1. The molecule has 3 amide bonds. The van der Waals surface area contributed by atoms with Crippen molar-refractivity contribution in [2.24, 2.45) is 34.3 Å². The van der Waals surface area contributed by atoms with E-state index >= 15 is 0 Å². The van der Waals surface area contributed by atoms with Crippen LogP contribution in [0.15, 0.2) is 22.6 Å². The van der Waals surface area contributed by atoms with E-state index in [2.05, 4.69) is 29.5 Å². The number of anilines is 1. The van der Waals surface area contributed by atoms with Crippen LogP contribution in [0.4, 0.5) is 6.01 Å². The van der Waals surface area contributed by atoms with E-state index in [0.717, 1.165) is 19.3 Å². The second-order valence-corrected chi connectivity index (χ2v) is 13.5. The molecule has 2 saturated carbocycles. The van der Waals surface area contributed by atoms with Gasteiger partial charge in [0.15, 0.2) is 5.58 Å². The highest BCUT2D eigenvalue weighted by molar-refractivity contribution is 6.37. The summed E-state index contributed by atoms with van der Waals surface area (Å²) in [4.78, 5) is 58.6. The molecule has 1 aromatic heterocycles. The van der Waals surface area contributed by atoms with Crippen molar-refractivity contribution in [2.75, 3.05) is 19.0 Å². The second-order valence-electron chi connectivity index (χ2n) is 13.5. The number of oxazole rings is 1. The molecule has 0 spiro atoms. The van der Waals surface area contributed by atoms with Crippen LogP contribution in [0.25, 0.3) is 11.1 Å². The van der Waals surface area contributed by atoms with E-state index in [4.69, 9.17) is 14.9 Å². The molecule has 5 atom stereocenters. The first-order valence-electron chi connectivity index (χ1n) is 14.4. The number of Topliss-reactive ketones (excluding diaryl/α,β-unsaturated/α-hetero) is 1. The highest BCUT2D eigenvalue weighted by Crippen LogP contribution is 2.65. The maximum absolute atomic E-state index is 14.2. The van der Waals surface area contributed by atoms with Gasteiger partial charge in [-0.25, -0.2) is 0 Å². The zero-order chi connectivity index (χ0) is 29.9. The fourth-order valence-electron chi connectivity index (χ4n) is 6.57.